The average Bonchev–Trinajstić information content (AvgIpc) is 2.88. The number of aryl methyl sites for hydroxylation is 1. The van der Waals surface area contributed by atoms with Crippen LogP contribution >= 0.6 is 0 Å². The Morgan fingerprint density at radius 1 is 1.26 bits per heavy atom. The first kappa shape index (κ1) is 15.0. The number of anilines is 2. The molecule has 2 N–H and O–H groups in total. The molecule has 23 heavy (non-hydrogen) atoms. The standard InChI is InChI=1S/C17H18N4O2/c1-12-7-8-18-15(9-12)20-17(23)19-13-10-16(22)21(11-13)14-5-3-2-4-6-14/h2-9,13H,10-11H2,1H3,(H2,18,19,20,23)/t13-/m1/s1. The number of aromatic nitrogens is 1. The van der Waals surface area contributed by atoms with Gasteiger partial charge < -0.3 is 10.2 Å². The summed E-state index contributed by atoms with van der Waals surface area (Å²) in [6.45, 7) is 2.40. The van der Waals surface area contributed by atoms with Gasteiger partial charge in [-0.25, -0.2) is 9.78 Å². The molecule has 6 heteroatoms. The van der Waals surface area contributed by atoms with Gasteiger partial charge in [0.25, 0.3) is 0 Å². The highest BCUT2D eigenvalue weighted by Gasteiger charge is 2.31. The van der Waals surface area contributed by atoms with Gasteiger partial charge >= 0.3 is 6.03 Å². The maximum absolute atomic E-state index is 12.1. The van der Waals surface area contributed by atoms with Crippen molar-refractivity contribution in [3.05, 3.63) is 54.2 Å². The van der Waals surface area contributed by atoms with Crippen molar-refractivity contribution in [2.45, 2.75) is 19.4 Å². The molecule has 0 aliphatic carbocycles. The molecule has 0 radical (unpaired) electrons. The Kier molecular flexibility index (Phi) is 4.23. The summed E-state index contributed by atoms with van der Waals surface area (Å²) in [5, 5.41) is 5.51. The van der Waals surface area contributed by atoms with Crippen molar-refractivity contribution in [2.75, 3.05) is 16.8 Å². The van der Waals surface area contributed by atoms with E-state index in [1.807, 2.05) is 43.3 Å². The molecule has 6 nitrogen and oxygen atoms in total. The summed E-state index contributed by atoms with van der Waals surface area (Å²) in [5.41, 5.74) is 1.86. The van der Waals surface area contributed by atoms with Gasteiger partial charge in [0.1, 0.15) is 5.82 Å². The van der Waals surface area contributed by atoms with Crippen molar-refractivity contribution in [1.82, 2.24) is 10.3 Å². The van der Waals surface area contributed by atoms with Crippen LogP contribution in [0.4, 0.5) is 16.3 Å². The quantitative estimate of drug-likeness (QED) is 0.913. The first-order valence-corrected chi connectivity index (χ1v) is 7.47. The van der Waals surface area contributed by atoms with Crippen LogP contribution < -0.4 is 15.5 Å². The van der Waals surface area contributed by atoms with E-state index in [-0.39, 0.29) is 18.0 Å². The zero-order chi connectivity index (χ0) is 16.2. The lowest BCUT2D eigenvalue weighted by Crippen LogP contribution is -2.39. The molecule has 3 amide bonds. The van der Waals surface area contributed by atoms with Crippen molar-refractivity contribution >= 4 is 23.4 Å². The Morgan fingerprint density at radius 3 is 2.78 bits per heavy atom. The average molecular weight is 310 g/mol. The van der Waals surface area contributed by atoms with Crippen LogP contribution in [0.15, 0.2) is 48.7 Å². The monoisotopic (exact) mass is 310 g/mol. The number of urea groups is 1. The van der Waals surface area contributed by atoms with Crippen molar-refractivity contribution in [1.29, 1.82) is 0 Å². The maximum atomic E-state index is 12.1. The van der Waals surface area contributed by atoms with Crippen LogP contribution in [0.5, 0.6) is 0 Å². The lowest BCUT2D eigenvalue weighted by molar-refractivity contribution is -0.117. The van der Waals surface area contributed by atoms with E-state index in [9.17, 15) is 9.59 Å². The number of nitrogens with zero attached hydrogens (tertiary/aromatic N) is 2. The molecule has 0 spiro atoms. The second-order valence-electron chi connectivity index (χ2n) is 5.56. The van der Waals surface area contributed by atoms with Gasteiger partial charge in [-0.3, -0.25) is 10.1 Å². The number of nitrogens with one attached hydrogen (secondary N) is 2. The summed E-state index contributed by atoms with van der Waals surface area (Å²) in [7, 11) is 0. The molecule has 0 unspecified atom stereocenters. The molecule has 118 valence electrons. The summed E-state index contributed by atoms with van der Waals surface area (Å²) >= 11 is 0. The summed E-state index contributed by atoms with van der Waals surface area (Å²) < 4.78 is 0. The summed E-state index contributed by atoms with van der Waals surface area (Å²) in [6, 6.07) is 12.5. The molecule has 0 bridgehead atoms. The fourth-order valence-electron chi connectivity index (χ4n) is 2.60. The molecule has 3 rings (SSSR count). The number of amides is 3. The second-order valence-corrected chi connectivity index (χ2v) is 5.56. The normalized spacial score (nSPS) is 17.2. The van der Waals surface area contributed by atoms with Crippen LogP contribution in [-0.4, -0.2) is 29.5 Å². The van der Waals surface area contributed by atoms with Crippen LogP contribution in [0.3, 0.4) is 0 Å². The smallest absolute Gasteiger partial charge is 0.320 e. The minimum atomic E-state index is -0.351. The van der Waals surface area contributed by atoms with E-state index in [0.29, 0.717) is 18.8 Å². The highest BCUT2D eigenvalue weighted by Crippen LogP contribution is 2.21. The first-order chi connectivity index (χ1) is 11.1. The van der Waals surface area contributed by atoms with Crippen LogP contribution in [0.1, 0.15) is 12.0 Å². The van der Waals surface area contributed by atoms with Gasteiger partial charge in [0, 0.05) is 24.8 Å². The Labute approximate surface area is 134 Å². The van der Waals surface area contributed by atoms with Crippen molar-refractivity contribution in [2.24, 2.45) is 0 Å². The van der Waals surface area contributed by atoms with Gasteiger partial charge in [-0.05, 0) is 36.8 Å². The topological polar surface area (TPSA) is 74.3 Å². The van der Waals surface area contributed by atoms with Gasteiger partial charge in [0.2, 0.25) is 5.91 Å². The number of carbonyl (C=O) groups excluding carboxylic acids is 2. The molecular weight excluding hydrogens is 292 g/mol. The largest absolute Gasteiger partial charge is 0.333 e. The third-order valence-corrected chi connectivity index (χ3v) is 3.69. The third-order valence-electron chi connectivity index (χ3n) is 3.69. The molecule has 1 aromatic carbocycles. The van der Waals surface area contributed by atoms with Crippen LogP contribution in [0.25, 0.3) is 0 Å². The number of rotatable bonds is 3. The molecular formula is C17H18N4O2. The Balaban J connectivity index is 1.59. The van der Waals surface area contributed by atoms with Crippen molar-refractivity contribution < 1.29 is 9.59 Å². The zero-order valence-electron chi connectivity index (χ0n) is 12.8. The Morgan fingerprint density at radius 2 is 2.04 bits per heavy atom. The van der Waals surface area contributed by atoms with Crippen LogP contribution in [0.2, 0.25) is 0 Å². The van der Waals surface area contributed by atoms with E-state index in [4.69, 9.17) is 0 Å². The minimum Gasteiger partial charge on any atom is -0.333 e. The predicted molar refractivity (Wildman–Crippen MR) is 88.3 cm³/mol. The zero-order valence-corrected chi connectivity index (χ0v) is 12.8. The molecule has 1 aromatic heterocycles. The molecule has 2 aromatic rings. The van der Waals surface area contributed by atoms with Gasteiger partial charge in [0.15, 0.2) is 0 Å². The van der Waals surface area contributed by atoms with E-state index < -0.39 is 0 Å². The Hall–Kier alpha value is -2.89. The fourth-order valence-corrected chi connectivity index (χ4v) is 2.60. The highest BCUT2D eigenvalue weighted by atomic mass is 16.2. The number of pyridine rings is 1. The number of hydrogen-bond donors (Lipinski definition) is 2. The van der Waals surface area contributed by atoms with E-state index in [2.05, 4.69) is 15.6 Å². The molecule has 1 atom stereocenters. The molecule has 1 aliphatic heterocycles. The number of carbonyl (C=O) groups is 2. The van der Waals surface area contributed by atoms with E-state index >= 15 is 0 Å². The van der Waals surface area contributed by atoms with Crippen LogP contribution in [0, 0.1) is 6.92 Å². The number of para-hydroxylation sites is 1. The highest BCUT2D eigenvalue weighted by molar-refractivity contribution is 5.97. The maximum Gasteiger partial charge on any atom is 0.320 e. The van der Waals surface area contributed by atoms with Crippen molar-refractivity contribution in [3.63, 3.8) is 0 Å². The van der Waals surface area contributed by atoms with Crippen LogP contribution in [-0.2, 0) is 4.79 Å². The summed E-state index contributed by atoms with van der Waals surface area (Å²) in [5.74, 6) is 0.502. The SMILES string of the molecule is Cc1ccnc(NC(=O)N[C@@H]2CC(=O)N(c3ccccc3)C2)c1. The first-order valence-electron chi connectivity index (χ1n) is 7.47. The summed E-state index contributed by atoms with van der Waals surface area (Å²) in [4.78, 5) is 29.9. The number of hydrogen-bond acceptors (Lipinski definition) is 3. The van der Waals surface area contributed by atoms with E-state index in [1.165, 1.54) is 0 Å². The molecule has 1 aliphatic rings. The van der Waals surface area contributed by atoms with Gasteiger partial charge in [-0.15, -0.1) is 0 Å². The second kappa shape index (κ2) is 6.48. The Bertz CT molecular complexity index is 718. The van der Waals surface area contributed by atoms with Gasteiger partial charge in [-0.1, -0.05) is 18.2 Å². The lowest BCUT2D eigenvalue weighted by atomic mass is 10.2. The predicted octanol–water partition coefficient (Wildman–Crippen LogP) is 2.32. The van der Waals surface area contributed by atoms with Crippen molar-refractivity contribution in [3.8, 4) is 0 Å². The molecule has 2 heterocycles. The number of benzene rings is 1. The molecule has 0 saturated carbocycles. The third kappa shape index (κ3) is 3.66. The molecule has 1 saturated heterocycles. The lowest BCUT2D eigenvalue weighted by Gasteiger charge is -2.17. The molecule has 1 fully saturated rings. The van der Waals surface area contributed by atoms with E-state index in [0.717, 1.165) is 11.3 Å². The minimum absolute atomic E-state index is 0.00943. The summed E-state index contributed by atoms with van der Waals surface area (Å²) in [6.07, 6.45) is 1.94. The van der Waals surface area contributed by atoms with E-state index in [1.54, 1.807) is 17.2 Å². The van der Waals surface area contributed by atoms with Gasteiger partial charge in [-0.2, -0.15) is 0 Å². The fraction of sp³-hybridized carbons (Fsp3) is 0.235. The van der Waals surface area contributed by atoms with Gasteiger partial charge in [0.05, 0.1) is 6.04 Å².